The van der Waals surface area contributed by atoms with Crippen LogP contribution in [0.1, 0.15) is 12.2 Å². The average molecular weight is 205 g/mol. The van der Waals surface area contributed by atoms with E-state index in [1.807, 2.05) is 13.1 Å². The SMILES string of the molecule is CNCCCc1nc2cccc(O)c2[nH]1. The Kier molecular flexibility index (Phi) is 2.87. The molecule has 15 heavy (non-hydrogen) atoms. The third-order valence-electron chi connectivity index (χ3n) is 2.39. The second-order valence-corrected chi connectivity index (χ2v) is 3.56. The van der Waals surface area contributed by atoms with E-state index in [2.05, 4.69) is 15.3 Å². The van der Waals surface area contributed by atoms with Gasteiger partial charge in [-0.1, -0.05) is 6.07 Å². The molecule has 2 rings (SSSR count). The summed E-state index contributed by atoms with van der Waals surface area (Å²) in [6, 6.07) is 5.36. The van der Waals surface area contributed by atoms with E-state index in [1.54, 1.807) is 12.1 Å². The topological polar surface area (TPSA) is 60.9 Å². The summed E-state index contributed by atoms with van der Waals surface area (Å²) in [5, 5.41) is 12.7. The number of imidazole rings is 1. The van der Waals surface area contributed by atoms with Crippen LogP contribution in [0.5, 0.6) is 5.75 Å². The van der Waals surface area contributed by atoms with Gasteiger partial charge in [0.2, 0.25) is 0 Å². The van der Waals surface area contributed by atoms with Gasteiger partial charge in [-0.25, -0.2) is 4.98 Å². The van der Waals surface area contributed by atoms with Crippen LogP contribution in [-0.4, -0.2) is 28.7 Å². The number of hydrogen-bond acceptors (Lipinski definition) is 3. The van der Waals surface area contributed by atoms with Crippen LogP contribution in [0, 0.1) is 0 Å². The highest BCUT2D eigenvalue weighted by atomic mass is 16.3. The second-order valence-electron chi connectivity index (χ2n) is 3.56. The fourth-order valence-electron chi connectivity index (χ4n) is 1.62. The highest BCUT2D eigenvalue weighted by molar-refractivity contribution is 5.81. The molecule has 4 heteroatoms. The van der Waals surface area contributed by atoms with Crippen LogP contribution in [-0.2, 0) is 6.42 Å². The first-order chi connectivity index (χ1) is 7.31. The number of aryl methyl sites for hydroxylation is 1. The Bertz CT molecular complexity index is 450. The minimum atomic E-state index is 0.264. The number of fused-ring (bicyclic) bond motifs is 1. The number of aromatic amines is 1. The van der Waals surface area contributed by atoms with Crippen LogP contribution in [0.2, 0.25) is 0 Å². The molecule has 0 unspecified atom stereocenters. The molecule has 0 atom stereocenters. The molecule has 1 aromatic heterocycles. The van der Waals surface area contributed by atoms with Crippen molar-refractivity contribution in [1.29, 1.82) is 0 Å². The summed E-state index contributed by atoms with van der Waals surface area (Å²) in [4.78, 5) is 7.54. The molecule has 0 bridgehead atoms. The Morgan fingerprint density at radius 1 is 1.47 bits per heavy atom. The molecule has 0 spiro atoms. The van der Waals surface area contributed by atoms with Crippen LogP contribution in [0.3, 0.4) is 0 Å². The van der Waals surface area contributed by atoms with E-state index in [-0.39, 0.29) is 5.75 Å². The molecule has 3 N–H and O–H groups in total. The number of rotatable bonds is 4. The molecule has 0 aliphatic carbocycles. The number of H-pyrrole nitrogens is 1. The third kappa shape index (κ3) is 2.10. The predicted octanol–water partition coefficient (Wildman–Crippen LogP) is 1.42. The molecule has 0 saturated heterocycles. The van der Waals surface area contributed by atoms with Crippen molar-refractivity contribution in [2.45, 2.75) is 12.8 Å². The van der Waals surface area contributed by atoms with Crippen molar-refractivity contribution in [3.05, 3.63) is 24.0 Å². The number of nitrogens with one attached hydrogen (secondary N) is 2. The first-order valence-corrected chi connectivity index (χ1v) is 5.12. The number of phenolic OH excluding ortho intramolecular Hbond substituents is 1. The van der Waals surface area contributed by atoms with E-state index < -0.39 is 0 Å². The van der Waals surface area contributed by atoms with E-state index in [1.165, 1.54) is 0 Å². The minimum Gasteiger partial charge on any atom is -0.506 e. The summed E-state index contributed by atoms with van der Waals surface area (Å²) in [6.07, 6.45) is 1.94. The molecule has 0 aliphatic rings. The smallest absolute Gasteiger partial charge is 0.141 e. The normalized spacial score (nSPS) is 11.0. The van der Waals surface area contributed by atoms with E-state index >= 15 is 0 Å². The molecule has 2 aromatic rings. The zero-order valence-corrected chi connectivity index (χ0v) is 8.75. The highest BCUT2D eigenvalue weighted by Crippen LogP contribution is 2.21. The van der Waals surface area contributed by atoms with E-state index in [0.717, 1.165) is 36.2 Å². The molecule has 4 nitrogen and oxygen atoms in total. The molecular formula is C11H15N3O. The van der Waals surface area contributed by atoms with Gasteiger partial charge in [0.05, 0.1) is 5.52 Å². The van der Waals surface area contributed by atoms with Gasteiger partial charge in [0.25, 0.3) is 0 Å². The summed E-state index contributed by atoms with van der Waals surface area (Å²) in [5.74, 6) is 1.20. The summed E-state index contributed by atoms with van der Waals surface area (Å²) < 4.78 is 0. The van der Waals surface area contributed by atoms with Crippen molar-refractivity contribution >= 4 is 11.0 Å². The van der Waals surface area contributed by atoms with Crippen LogP contribution < -0.4 is 5.32 Å². The van der Waals surface area contributed by atoms with Gasteiger partial charge >= 0.3 is 0 Å². The monoisotopic (exact) mass is 205 g/mol. The lowest BCUT2D eigenvalue weighted by Gasteiger charge is -1.95. The molecule has 80 valence electrons. The summed E-state index contributed by atoms with van der Waals surface area (Å²) in [7, 11) is 1.93. The van der Waals surface area contributed by atoms with Crippen molar-refractivity contribution in [3.8, 4) is 5.75 Å². The fraction of sp³-hybridized carbons (Fsp3) is 0.364. The van der Waals surface area contributed by atoms with E-state index in [4.69, 9.17) is 0 Å². The van der Waals surface area contributed by atoms with Crippen molar-refractivity contribution in [2.24, 2.45) is 0 Å². The predicted molar refractivity (Wildman–Crippen MR) is 60.0 cm³/mol. The number of aromatic nitrogens is 2. The lowest BCUT2D eigenvalue weighted by Crippen LogP contribution is -2.08. The maximum absolute atomic E-state index is 9.57. The lowest BCUT2D eigenvalue weighted by atomic mass is 10.3. The molecule has 0 fully saturated rings. The van der Waals surface area contributed by atoms with Crippen LogP contribution in [0.25, 0.3) is 11.0 Å². The fourth-order valence-corrected chi connectivity index (χ4v) is 1.62. The van der Waals surface area contributed by atoms with Crippen molar-refractivity contribution in [1.82, 2.24) is 15.3 Å². The van der Waals surface area contributed by atoms with E-state index in [9.17, 15) is 5.11 Å². The second kappa shape index (κ2) is 4.31. The van der Waals surface area contributed by atoms with E-state index in [0.29, 0.717) is 0 Å². The number of aromatic hydroxyl groups is 1. The van der Waals surface area contributed by atoms with Crippen LogP contribution in [0.4, 0.5) is 0 Å². The van der Waals surface area contributed by atoms with Crippen molar-refractivity contribution < 1.29 is 5.11 Å². The Morgan fingerprint density at radius 3 is 3.07 bits per heavy atom. The molecule has 0 saturated carbocycles. The molecule has 1 aromatic carbocycles. The van der Waals surface area contributed by atoms with Gasteiger partial charge in [-0.2, -0.15) is 0 Å². The maximum Gasteiger partial charge on any atom is 0.141 e. The van der Waals surface area contributed by atoms with Gasteiger partial charge in [0.1, 0.15) is 17.1 Å². The van der Waals surface area contributed by atoms with Gasteiger partial charge in [-0.3, -0.25) is 0 Å². The maximum atomic E-state index is 9.57. The number of hydrogen-bond donors (Lipinski definition) is 3. The molecular weight excluding hydrogens is 190 g/mol. The Labute approximate surface area is 88.3 Å². The zero-order valence-electron chi connectivity index (χ0n) is 8.75. The number of benzene rings is 1. The van der Waals surface area contributed by atoms with Gasteiger partial charge in [0.15, 0.2) is 0 Å². The molecule has 1 heterocycles. The number of para-hydroxylation sites is 1. The first-order valence-electron chi connectivity index (χ1n) is 5.12. The lowest BCUT2D eigenvalue weighted by molar-refractivity contribution is 0.480. The average Bonchev–Trinajstić information content (AvgIpc) is 2.63. The Balaban J connectivity index is 2.20. The van der Waals surface area contributed by atoms with Crippen molar-refractivity contribution in [3.63, 3.8) is 0 Å². The summed E-state index contributed by atoms with van der Waals surface area (Å²) in [5.41, 5.74) is 1.56. The Morgan fingerprint density at radius 2 is 2.33 bits per heavy atom. The van der Waals surface area contributed by atoms with Crippen LogP contribution in [0.15, 0.2) is 18.2 Å². The highest BCUT2D eigenvalue weighted by Gasteiger charge is 2.05. The minimum absolute atomic E-state index is 0.264. The first kappa shape index (κ1) is 9.98. The zero-order chi connectivity index (χ0) is 10.7. The van der Waals surface area contributed by atoms with Crippen molar-refractivity contribution in [2.75, 3.05) is 13.6 Å². The van der Waals surface area contributed by atoms with Gasteiger partial charge in [0, 0.05) is 6.42 Å². The van der Waals surface area contributed by atoms with Gasteiger partial charge < -0.3 is 15.4 Å². The Hall–Kier alpha value is -1.55. The van der Waals surface area contributed by atoms with Gasteiger partial charge in [-0.15, -0.1) is 0 Å². The molecule has 0 aliphatic heterocycles. The van der Waals surface area contributed by atoms with Gasteiger partial charge in [-0.05, 0) is 32.1 Å². The third-order valence-corrected chi connectivity index (χ3v) is 2.39. The molecule has 0 radical (unpaired) electrons. The number of phenols is 1. The quantitative estimate of drug-likeness (QED) is 0.661. The summed E-state index contributed by atoms with van der Waals surface area (Å²) in [6.45, 7) is 0.975. The van der Waals surface area contributed by atoms with Crippen LogP contribution >= 0.6 is 0 Å². The molecule has 0 amide bonds. The largest absolute Gasteiger partial charge is 0.506 e. The summed E-state index contributed by atoms with van der Waals surface area (Å²) >= 11 is 0. The standard InChI is InChI=1S/C11H15N3O/c1-12-7-3-6-10-13-8-4-2-5-9(15)11(8)14-10/h2,4-5,12,15H,3,6-7H2,1H3,(H,13,14). The number of nitrogens with zero attached hydrogens (tertiary/aromatic N) is 1.